The van der Waals surface area contributed by atoms with Gasteiger partial charge in [0.1, 0.15) is 23.0 Å². The van der Waals surface area contributed by atoms with Gasteiger partial charge in [-0.25, -0.2) is 0 Å². The van der Waals surface area contributed by atoms with Crippen molar-refractivity contribution in [1.82, 2.24) is 0 Å². The summed E-state index contributed by atoms with van der Waals surface area (Å²) in [6.45, 7) is 0. The van der Waals surface area contributed by atoms with Crippen molar-refractivity contribution < 1.29 is 109 Å². The van der Waals surface area contributed by atoms with Crippen LogP contribution in [0.3, 0.4) is 0 Å². The topological polar surface area (TPSA) is 205 Å². The zero-order chi connectivity index (χ0) is 67.4. The SMILES string of the molecule is O=S(=O)(OS(=O)(=O)C(F)(F)F)C(F)(F)F.O=S(=O)(Oc1cccc(-c2ccc3c4ccccc4c4ccc(-c5cccc(OS(=O)(=O)C(F)(F)F)c5)cc4c3c2)c1)C(F)(F)F.Oc1cccc(-c2ccc3c4ccccc4c4ccc(-c5cccc(O)c5)cc4c3c2)c1. The first-order valence-corrected chi connectivity index (χ1v) is 32.0. The highest BCUT2D eigenvalue weighted by molar-refractivity contribution is 8.00. The van der Waals surface area contributed by atoms with Gasteiger partial charge >= 0.3 is 62.5 Å². The minimum absolute atomic E-state index is 0.261. The molecule has 0 spiro atoms. The fraction of sp³-hybridized carbons (Fsp3) is 0.0625. The molecule has 0 saturated carbocycles. The normalized spacial score (nSPS) is 12.8. The summed E-state index contributed by atoms with van der Waals surface area (Å²) in [6, 6.07) is 64.8. The molecule has 0 fully saturated rings. The predicted octanol–water partition coefficient (Wildman–Crippen LogP) is 17.5. The highest BCUT2D eigenvalue weighted by Gasteiger charge is 2.57. The molecule has 0 aliphatic rings. The molecule has 0 radical (unpaired) electrons. The number of rotatable bonds is 10. The summed E-state index contributed by atoms with van der Waals surface area (Å²) in [6.07, 6.45) is 0. The van der Waals surface area contributed by atoms with Crippen molar-refractivity contribution in [3.8, 4) is 67.5 Å². The monoisotopic (exact) mass is 1370 g/mol. The van der Waals surface area contributed by atoms with E-state index in [4.69, 9.17) is 0 Å². The highest BCUT2D eigenvalue weighted by atomic mass is 32.3. The van der Waals surface area contributed by atoms with Gasteiger partial charge in [-0.05, 0) is 182 Å². The quantitative estimate of drug-likeness (QED) is 0.0567. The van der Waals surface area contributed by atoms with E-state index in [1.54, 1.807) is 60.7 Å². The van der Waals surface area contributed by atoms with Crippen LogP contribution in [0.25, 0.3) is 109 Å². The van der Waals surface area contributed by atoms with Crippen molar-refractivity contribution in [2.24, 2.45) is 0 Å². The molecule has 0 saturated heterocycles. The third-order valence-corrected chi connectivity index (χ3v) is 18.6. The Morgan fingerprint density at radius 3 is 0.710 bits per heavy atom. The molecule has 480 valence electrons. The molecule has 0 unspecified atom stereocenters. The van der Waals surface area contributed by atoms with Gasteiger partial charge in [-0.1, -0.05) is 146 Å². The first-order chi connectivity index (χ1) is 43.4. The van der Waals surface area contributed by atoms with Gasteiger partial charge in [0.25, 0.3) is 0 Å². The average Bonchev–Trinajstić information content (AvgIpc) is 0.749. The lowest BCUT2D eigenvalue weighted by molar-refractivity contribution is -0.0586. The van der Waals surface area contributed by atoms with Gasteiger partial charge in [0.15, 0.2) is 0 Å². The van der Waals surface area contributed by atoms with Crippen LogP contribution in [0.5, 0.6) is 23.0 Å². The zero-order valence-corrected chi connectivity index (χ0v) is 49.6. The molecule has 93 heavy (non-hydrogen) atoms. The summed E-state index contributed by atoms with van der Waals surface area (Å²) in [4.78, 5) is 0. The fourth-order valence-corrected chi connectivity index (χ4v) is 12.5. The number of alkyl halides is 12. The van der Waals surface area contributed by atoms with Crippen LogP contribution < -0.4 is 8.37 Å². The Labute approximate surface area is 519 Å². The predicted molar refractivity (Wildman–Crippen MR) is 325 cm³/mol. The molecule has 0 aromatic heterocycles. The van der Waals surface area contributed by atoms with Gasteiger partial charge in [0, 0.05) is 0 Å². The lowest BCUT2D eigenvalue weighted by atomic mass is 9.90. The lowest BCUT2D eigenvalue weighted by Crippen LogP contribution is -2.34. The van der Waals surface area contributed by atoms with E-state index in [0.29, 0.717) is 33.0 Å². The van der Waals surface area contributed by atoms with Gasteiger partial charge in [-0.3, -0.25) is 0 Å². The number of phenolic OH excluding ortho intramolecular Hbond substituents is 2. The molecule has 0 heterocycles. The van der Waals surface area contributed by atoms with E-state index in [-0.39, 0.29) is 11.5 Å². The van der Waals surface area contributed by atoms with E-state index in [1.807, 2.05) is 64.3 Å². The summed E-state index contributed by atoms with van der Waals surface area (Å²) in [7, 11) is -25.5. The summed E-state index contributed by atoms with van der Waals surface area (Å²) in [5, 5.41) is 31.9. The standard InChI is InChI=1S/C32H18F6O6S2.C30H20O2.C2F6O5S2/c33-31(34,35)45(39,40)43-23-7-3-5-19(15-23)21-11-13-27-25-9-1-2-10-26(25)28-14-12-22(18-30(28)29(27)17-21)20-6-4-8-24(16-20)44-46(41,42)32(36,37)38;31-23-7-3-5-19(15-23)21-11-13-27-25-9-1-2-10-26(25)28-14-12-22(18-30(28)29(27)17-21)20-6-4-8-24(32)16-20;3-1(4,5)14(9,10)13-15(11,12)2(6,7)8/h1-18H;1-18,31-32H;. The molecule has 12 aromatic rings. The third-order valence-electron chi connectivity index (χ3n) is 14.1. The second-order valence-corrected chi connectivity index (χ2v) is 26.5. The molecule has 0 bridgehead atoms. The van der Waals surface area contributed by atoms with E-state index in [2.05, 4.69) is 69.0 Å². The molecule has 2 N–H and O–H groups in total. The molecule has 0 atom stereocenters. The van der Waals surface area contributed by atoms with Gasteiger partial charge in [0.2, 0.25) is 0 Å². The third kappa shape index (κ3) is 13.8. The van der Waals surface area contributed by atoms with Gasteiger partial charge in [0.05, 0.1) is 0 Å². The van der Waals surface area contributed by atoms with Crippen LogP contribution in [0.1, 0.15) is 0 Å². The molecule has 0 aliphatic carbocycles. The maximum absolute atomic E-state index is 12.9. The van der Waals surface area contributed by atoms with Gasteiger partial charge < -0.3 is 18.6 Å². The van der Waals surface area contributed by atoms with E-state index >= 15 is 0 Å². The van der Waals surface area contributed by atoms with Crippen molar-refractivity contribution in [3.63, 3.8) is 0 Å². The molecule has 0 aliphatic heterocycles. The molecule has 0 amide bonds. The van der Waals surface area contributed by atoms with Crippen LogP contribution in [-0.4, -0.2) is 65.9 Å². The van der Waals surface area contributed by atoms with E-state index in [0.717, 1.165) is 55.9 Å². The van der Waals surface area contributed by atoms with Crippen molar-refractivity contribution >= 4 is 105 Å². The Bertz CT molecular complexity index is 5100. The lowest BCUT2D eigenvalue weighted by Gasteiger charge is -2.14. The zero-order valence-electron chi connectivity index (χ0n) is 46.3. The van der Waals surface area contributed by atoms with Crippen molar-refractivity contribution in [2.45, 2.75) is 22.0 Å². The van der Waals surface area contributed by atoms with Crippen LogP contribution in [0.2, 0.25) is 0 Å². The number of phenols is 2. The fourth-order valence-electron chi connectivity index (χ4n) is 10.0. The largest absolute Gasteiger partial charge is 0.534 e. The Balaban J connectivity index is 0.000000174. The molecule has 12 aromatic carbocycles. The molecular weight excluding hydrogens is 1330 g/mol. The second kappa shape index (κ2) is 24.4. The van der Waals surface area contributed by atoms with E-state index in [1.165, 1.54) is 56.6 Å². The Morgan fingerprint density at radius 2 is 0.462 bits per heavy atom. The number of hydrogen-bond donors (Lipinski definition) is 2. The number of hydrogen-bond acceptors (Lipinski definition) is 13. The van der Waals surface area contributed by atoms with Gasteiger partial charge in [-0.15, -0.1) is 3.63 Å². The van der Waals surface area contributed by atoms with E-state index in [9.17, 15) is 96.6 Å². The summed E-state index contributed by atoms with van der Waals surface area (Å²) >= 11 is 0. The van der Waals surface area contributed by atoms with Gasteiger partial charge in [-0.2, -0.15) is 86.4 Å². The van der Waals surface area contributed by atoms with Crippen LogP contribution in [0.15, 0.2) is 218 Å². The average molecular weight is 1370 g/mol. The van der Waals surface area contributed by atoms with Crippen LogP contribution in [0.4, 0.5) is 52.7 Å². The first kappa shape index (κ1) is 66.2. The minimum Gasteiger partial charge on any atom is -0.508 e. The summed E-state index contributed by atoms with van der Waals surface area (Å²) in [5.74, 6) is -0.542. The minimum atomic E-state index is -6.85. The summed E-state index contributed by atoms with van der Waals surface area (Å²) in [5.41, 5.74) is -17.9. The maximum atomic E-state index is 12.9. The Kier molecular flexibility index (Phi) is 17.4. The number of halogens is 12. The Hall–Kier alpha value is -9.68. The number of aromatic hydroxyl groups is 2. The molecular formula is C64H38F12O13S4. The van der Waals surface area contributed by atoms with Crippen LogP contribution in [-0.2, 0) is 44.1 Å². The first-order valence-electron chi connectivity index (χ1n) is 26.3. The van der Waals surface area contributed by atoms with Crippen molar-refractivity contribution in [2.75, 3.05) is 0 Å². The van der Waals surface area contributed by atoms with Crippen molar-refractivity contribution in [3.05, 3.63) is 218 Å². The number of fused-ring (bicyclic) bond motifs is 12. The number of benzene rings is 12. The van der Waals surface area contributed by atoms with Crippen LogP contribution in [0, 0.1) is 0 Å². The Morgan fingerprint density at radius 1 is 0.237 bits per heavy atom. The van der Waals surface area contributed by atoms with Crippen LogP contribution >= 0.6 is 0 Å². The second-order valence-electron chi connectivity index (χ2n) is 20.1. The summed E-state index contributed by atoms with van der Waals surface area (Å²) < 4.78 is 242. The molecule has 12 rings (SSSR count). The maximum Gasteiger partial charge on any atom is 0.534 e. The molecule has 13 nitrogen and oxygen atoms in total. The van der Waals surface area contributed by atoms with Crippen molar-refractivity contribution in [1.29, 1.82) is 0 Å². The smallest absolute Gasteiger partial charge is 0.508 e. The van der Waals surface area contributed by atoms with E-state index < -0.39 is 74.0 Å². The highest BCUT2D eigenvalue weighted by Crippen LogP contribution is 2.43. The molecule has 29 heteroatoms.